The summed E-state index contributed by atoms with van der Waals surface area (Å²) in [5.41, 5.74) is 2.71. The molecule has 1 aliphatic heterocycles. The second kappa shape index (κ2) is 4.02. The van der Waals surface area contributed by atoms with Gasteiger partial charge in [-0.05, 0) is 14.0 Å². The van der Waals surface area contributed by atoms with Crippen LogP contribution in [-0.2, 0) is 13.0 Å². The van der Waals surface area contributed by atoms with Gasteiger partial charge in [0.2, 0.25) is 0 Å². The number of likely N-dealkylation sites (N-methyl/N-ethyl adjacent to an activating group) is 1. The van der Waals surface area contributed by atoms with Crippen molar-refractivity contribution in [1.29, 1.82) is 0 Å². The molecule has 0 unspecified atom stereocenters. The molecule has 0 bridgehead atoms. The molecule has 82 valence electrons. The molecule has 0 aromatic carbocycles. The molecule has 2 heterocycles. The van der Waals surface area contributed by atoms with Crippen molar-refractivity contribution >= 4 is 5.91 Å². The zero-order valence-electron chi connectivity index (χ0n) is 9.13. The minimum absolute atomic E-state index is 0.0784. The molecule has 1 amide bonds. The highest BCUT2D eigenvalue weighted by Crippen LogP contribution is 2.18. The van der Waals surface area contributed by atoms with Gasteiger partial charge in [-0.1, -0.05) is 0 Å². The Labute approximate surface area is 88.8 Å². The van der Waals surface area contributed by atoms with E-state index < -0.39 is 0 Å². The lowest BCUT2D eigenvalue weighted by Crippen LogP contribution is -2.29. The largest absolute Gasteiger partial charge is 0.351 e. The number of nitrogens with one attached hydrogen (secondary N) is 2. The van der Waals surface area contributed by atoms with Gasteiger partial charge in [0.05, 0.1) is 0 Å². The van der Waals surface area contributed by atoms with Gasteiger partial charge in [-0.25, -0.2) is 0 Å². The van der Waals surface area contributed by atoms with Crippen LogP contribution in [0.4, 0.5) is 0 Å². The smallest absolute Gasteiger partial charge is 0.272 e. The van der Waals surface area contributed by atoms with Crippen LogP contribution in [-0.4, -0.2) is 41.1 Å². The van der Waals surface area contributed by atoms with Gasteiger partial charge in [0.25, 0.3) is 5.91 Å². The molecule has 5 nitrogen and oxygen atoms in total. The molecule has 0 saturated heterocycles. The number of nitrogens with zero attached hydrogens (tertiary/aromatic N) is 2. The first-order valence-electron chi connectivity index (χ1n) is 5.25. The highest BCUT2D eigenvalue weighted by atomic mass is 16.1. The molecule has 15 heavy (non-hydrogen) atoms. The Hall–Kier alpha value is -1.36. The van der Waals surface area contributed by atoms with Crippen LogP contribution in [0.2, 0.25) is 0 Å². The van der Waals surface area contributed by atoms with Crippen LogP contribution in [0.5, 0.6) is 0 Å². The van der Waals surface area contributed by atoms with Crippen LogP contribution in [0.3, 0.4) is 0 Å². The second-order valence-corrected chi connectivity index (χ2v) is 3.88. The molecule has 1 aromatic rings. The Bertz CT molecular complexity index is 371. The summed E-state index contributed by atoms with van der Waals surface area (Å²) >= 11 is 0. The summed E-state index contributed by atoms with van der Waals surface area (Å²) in [6.07, 6.45) is 0.943. The third-order valence-corrected chi connectivity index (χ3v) is 2.68. The van der Waals surface area contributed by atoms with Gasteiger partial charge in [-0.15, -0.1) is 0 Å². The summed E-state index contributed by atoms with van der Waals surface area (Å²) in [6, 6.07) is 0. The third-order valence-electron chi connectivity index (χ3n) is 2.68. The van der Waals surface area contributed by atoms with Crippen LogP contribution in [0.25, 0.3) is 0 Å². The lowest BCUT2D eigenvalue weighted by Gasteiger charge is -2.22. The summed E-state index contributed by atoms with van der Waals surface area (Å²) < 4.78 is 0. The lowest BCUT2D eigenvalue weighted by atomic mass is 10.1. The second-order valence-electron chi connectivity index (χ2n) is 3.88. The maximum Gasteiger partial charge on any atom is 0.272 e. The van der Waals surface area contributed by atoms with Crippen LogP contribution in [0.15, 0.2) is 0 Å². The van der Waals surface area contributed by atoms with E-state index in [0.29, 0.717) is 12.2 Å². The summed E-state index contributed by atoms with van der Waals surface area (Å²) in [4.78, 5) is 13.9. The Kier molecular flexibility index (Phi) is 2.73. The maximum absolute atomic E-state index is 11.7. The molecule has 0 aliphatic carbocycles. The summed E-state index contributed by atoms with van der Waals surface area (Å²) in [7, 11) is 2.05. The molecule has 0 spiro atoms. The Morgan fingerprint density at radius 2 is 2.47 bits per heavy atom. The molecular weight excluding hydrogens is 192 g/mol. The number of aromatic nitrogens is 2. The van der Waals surface area contributed by atoms with Crippen molar-refractivity contribution in [3.8, 4) is 0 Å². The number of rotatable bonds is 2. The van der Waals surface area contributed by atoms with E-state index in [9.17, 15) is 4.79 Å². The first kappa shape index (κ1) is 10.2. The number of H-pyrrole nitrogens is 1. The Balaban J connectivity index is 2.26. The fourth-order valence-corrected chi connectivity index (χ4v) is 1.86. The number of hydrogen-bond donors (Lipinski definition) is 2. The van der Waals surface area contributed by atoms with Gasteiger partial charge >= 0.3 is 0 Å². The minimum atomic E-state index is -0.0784. The van der Waals surface area contributed by atoms with Crippen LogP contribution in [0.1, 0.15) is 28.7 Å². The zero-order valence-corrected chi connectivity index (χ0v) is 9.13. The molecule has 1 aromatic heterocycles. The van der Waals surface area contributed by atoms with Gasteiger partial charge in [0, 0.05) is 37.3 Å². The monoisotopic (exact) mass is 208 g/mol. The van der Waals surface area contributed by atoms with Crippen molar-refractivity contribution < 1.29 is 4.79 Å². The van der Waals surface area contributed by atoms with Gasteiger partial charge < -0.3 is 10.2 Å². The molecule has 0 radical (unpaired) electrons. The first-order chi connectivity index (χ1) is 7.22. The summed E-state index contributed by atoms with van der Waals surface area (Å²) in [5.74, 6) is -0.0784. The third kappa shape index (κ3) is 1.87. The van der Waals surface area contributed by atoms with Crippen LogP contribution in [0, 0.1) is 0 Å². The molecule has 2 rings (SSSR count). The SMILES string of the molecule is CCNC(=O)c1n[nH]c2c1CN(C)CC2. The summed E-state index contributed by atoms with van der Waals surface area (Å²) in [5, 5.41) is 9.81. The molecule has 0 fully saturated rings. The fraction of sp³-hybridized carbons (Fsp3) is 0.600. The molecule has 5 heteroatoms. The number of amides is 1. The van der Waals surface area contributed by atoms with E-state index >= 15 is 0 Å². The highest BCUT2D eigenvalue weighted by Gasteiger charge is 2.23. The van der Waals surface area contributed by atoms with Crippen molar-refractivity contribution in [2.75, 3.05) is 20.1 Å². The van der Waals surface area contributed by atoms with E-state index in [2.05, 4.69) is 27.5 Å². The van der Waals surface area contributed by atoms with E-state index in [0.717, 1.165) is 30.8 Å². The number of carbonyl (C=O) groups is 1. The van der Waals surface area contributed by atoms with Crippen molar-refractivity contribution in [3.05, 3.63) is 17.0 Å². The van der Waals surface area contributed by atoms with E-state index in [-0.39, 0.29) is 5.91 Å². The highest BCUT2D eigenvalue weighted by molar-refractivity contribution is 5.93. The average Bonchev–Trinajstić information content (AvgIpc) is 2.60. The number of fused-ring (bicyclic) bond motifs is 1. The molecule has 2 N–H and O–H groups in total. The quantitative estimate of drug-likeness (QED) is 0.727. The van der Waals surface area contributed by atoms with Gasteiger partial charge in [-0.2, -0.15) is 5.10 Å². The van der Waals surface area contributed by atoms with Gasteiger partial charge in [-0.3, -0.25) is 9.89 Å². The van der Waals surface area contributed by atoms with E-state index in [1.54, 1.807) is 0 Å². The fourth-order valence-electron chi connectivity index (χ4n) is 1.86. The van der Waals surface area contributed by atoms with E-state index in [4.69, 9.17) is 0 Å². The van der Waals surface area contributed by atoms with Crippen molar-refractivity contribution in [1.82, 2.24) is 20.4 Å². The minimum Gasteiger partial charge on any atom is -0.351 e. The van der Waals surface area contributed by atoms with Gasteiger partial charge in [0.15, 0.2) is 5.69 Å². The lowest BCUT2D eigenvalue weighted by molar-refractivity contribution is 0.0949. The maximum atomic E-state index is 11.7. The van der Waals surface area contributed by atoms with Crippen molar-refractivity contribution in [2.24, 2.45) is 0 Å². The van der Waals surface area contributed by atoms with E-state index in [1.807, 2.05) is 6.92 Å². The van der Waals surface area contributed by atoms with Crippen LogP contribution < -0.4 is 5.32 Å². The topological polar surface area (TPSA) is 61.0 Å². The normalized spacial score (nSPS) is 16.1. The van der Waals surface area contributed by atoms with E-state index in [1.165, 1.54) is 0 Å². The predicted molar refractivity (Wildman–Crippen MR) is 56.6 cm³/mol. The molecule has 0 atom stereocenters. The zero-order chi connectivity index (χ0) is 10.8. The van der Waals surface area contributed by atoms with Gasteiger partial charge in [0.1, 0.15) is 0 Å². The Morgan fingerprint density at radius 3 is 3.20 bits per heavy atom. The first-order valence-corrected chi connectivity index (χ1v) is 5.25. The number of hydrogen-bond acceptors (Lipinski definition) is 3. The standard InChI is InChI=1S/C10H16N4O/c1-3-11-10(15)9-7-6-14(2)5-4-8(7)12-13-9/h3-6H2,1-2H3,(H,11,15)(H,12,13). The van der Waals surface area contributed by atoms with Crippen LogP contribution >= 0.6 is 0 Å². The number of aromatic amines is 1. The average molecular weight is 208 g/mol. The number of carbonyl (C=O) groups excluding carboxylic acids is 1. The summed E-state index contributed by atoms with van der Waals surface area (Å²) in [6.45, 7) is 4.36. The van der Waals surface area contributed by atoms with Crippen molar-refractivity contribution in [2.45, 2.75) is 19.9 Å². The molecule has 0 saturated carbocycles. The Morgan fingerprint density at radius 1 is 1.67 bits per heavy atom. The molecular formula is C10H16N4O. The molecule has 1 aliphatic rings. The predicted octanol–water partition coefficient (Wildman–Crippen LogP) is 0.147. The van der Waals surface area contributed by atoms with Crippen molar-refractivity contribution in [3.63, 3.8) is 0 Å².